The Morgan fingerprint density at radius 1 is 1.50 bits per heavy atom. The van der Waals surface area contributed by atoms with Crippen molar-refractivity contribution in [2.45, 2.75) is 6.42 Å². The number of pyridine rings is 1. The van der Waals surface area contributed by atoms with E-state index in [1.165, 1.54) is 12.3 Å². The first-order valence-electron chi connectivity index (χ1n) is 5.18. The molecule has 0 aromatic carbocycles. The fraction of sp³-hybridized carbons (Fsp3) is 0.200. The molecule has 0 saturated carbocycles. The predicted molar refractivity (Wildman–Crippen MR) is 66.7 cm³/mol. The molecule has 0 aliphatic rings. The minimum Gasteiger partial charge on any atom is -0.368 e. The zero-order valence-corrected chi connectivity index (χ0v) is 10.0. The second-order valence-electron chi connectivity index (χ2n) is 3.53. The van der Waals surface area contributed by atoms with Crippen LogP contribution in [0.15, 0.2) is 24.8 Å². The molecule has 0 bridgehead atoms. The Bertz CT molecular complexity index is 543. The molecule has 94 valence electrons. The van der Waals surface area contributed by atoms with E-state index in [-0.39, 0.29) is 10.7 Å². The van der Waals surface area contributed by atoms with E-state index in [0.29, 0.717) is 12.4 Å². The van der Waals surface area contributed by atoms with Gasteiger partial charge in [0, 0.05) is 30.9 Å². The van der Waals surface area contributed by atoms with Gasteiger partial charge in [0.25, 0.3) is 5.69 Å². The third-order valence-corrected chi connectivity index (χ3v) is 2.57. The van der Waals surface area contributed by atoms with Crippen molar-refractivity contribution in [1.29, 1.82) is 0 Å². The largest absolute Gasteiger partial charge is 0.368 e. The molecule has 0 amide bonds. The van der Waals surface area contributed by atoms with Gasteiger partial charge >= 0.3 is 0 Å². The molecule has 2 aromatic rings. The van der Waals surface area contributed by atoms with Gasteiger partial charge in [-0.25, -0.2) is 9.97 Å². The Morgan fingerprint density at radius 3 is 2.94 bits per heavy atom. The normalized spacial score (nSPS) is 10.3. The Kier molecular flexibility index (Phi) is 3.73. The first-order valence-corrected chi connectivity index (χ1v) is 5.55. The van der Waals surface area contributed by atoms with Gasteiger partial charge in [-0.1, -0.05) is 11.6 Å². The van der Waals surface area contributed by atoms with Crippen molar-refractivity contribution < 1.29 is 4.92 Å². The molecule has 0 radical (unpaired) electrons. The molecule has 2 rings (SSSR count). The lowest BCUT2D eigenvalue weighted by Gasteiger charge is -2.05. The van der Waals surface area contributed by atoms with Crippen LogP contribution in [0.5, 0.6) is 0 Å². The van der Waals surface area contributed by atoms with Gasteiger partial charge in [0.2, 0.25) is 0 Å². The summed E-state index contributed by atoms with van der Waals surface area (Å²) in [5.74, 6) is 0.432. The van der Waals surface area contributed by atoms with E-state index in [2.05, 4.69) is 20.3 Å². The number of anilines is 1. The number of nitrogens with zero attached hydrogens (tertiary/aromatic N) is 3. The summed E-state index contributed by atoms with van der Waals surface area (Å²) < 4.78 is 0. The standard InChI is InChI=1S/C10H10ClN5O2/c11-9-3-8(16(17)18)5-14-10(9)13-2-1-7-4-12-6-15-7/h3-6H,1-2H2,(H,12,15)(H,13,14). The van der Waals surface area contributed by atoms with Crippen LogP contribution in [-0.2, 0) is 6.42 Å². The van der Waals surface area contributed by atoms with Gasteiger partial charge in [0.15, 0.2) is 0 Å². The number of hydrogen-bond acceptors (Lipinski definition) is 5. The monoisotopic (exact) mass is 267 g/mol. The topological polar surface area (TPSA) is 96.7 Å². The van der Waals surface area contributed by atoms with Crippen LogP contribution in [0, 0.1) is 10.1 Å². The Balaban J connectivity index is 1.95. The maximum Gasteiger partial charge on any atom is 0.289 e. The molecular weight excluding hydrogens is 258 g/mol. The lowest BCUT2D eigenvalue weighted by atomic mass is 10.3. The number of imidazole rings is 1. The molecule has 0 atom stereocenters. The number of aromatic amines is 1. The van der Waals surface area contributed by atoms with E-state index in [1.54, 1.807) is 12.5 Å². The van der Waals surface area contributed by atoms with Crippen molar-refractivity contribution in [2.24, 2.45) is 0 Å². The summed E-state index contributed by atoms with van der Waals surface area (Å²) in [6.45, 7) is 0.604. The van der Waals surface area contributed by atoms with Gasteiger partial charge in [-0.3, -0.25) is 10.1 Å². The smallest absolute Gasteiger partial charge is 0.289 e. The summed E-state index contributed by atoms with van der Waals surface area (Å²) in [5, 5.41) is 13.7. The first kappa shape index (κ1) is 12.3. The van der Waals surface area contributed by atoms with Gasteiger partial charge in [-0.05, 0) is 0 Å². The van der Waals surface area contributed by atoms with Crippen LogP contribution in [0.2, 0.25) is 5.02 Å². The van der Waals surface area contributed by atoms with Crippen molar-refractivity contribution in [1.82, 2.24) is 15.0 Å². The average Bonchev–Trinajstić information content (AvgIpc) is 2.84. The van der Waals surface area contributed by atoms with Crippen molar-refractivity contribution in [3.8, 4) is 0 Å². The lowest BCUT2D eigenvalue weighted by molar-refractivity contribution is -0.385. The van der Waals surface area contributed by atoms with Crippen LogP contribution in [0.3, 0.4) is 0 Å². The molecule has 18 heavy (non-hydrogen) atoms. The number of halogens is 1. The van der Waals surface area contributed by atoms with E-state index in [9.17, 15) is 10.1 Å². The van der Waals surface area contributed by atoms with E-state index in [1.807, 2.05) is 0 Å². The van der Waals surface area contributed by atoms with E-state index in [4.69, 9.17) is 11.6 Å². The van der Waals surface area contributed by atoms with Crippen LogP contribution in [0.25, 0.3) is 0 Å². The van der Waals surface area contributed by atoms with Crippen LogP contribution in [0.4, 0.5) is 11.5 Å². The van der Waals surface area contributed by atoms with Gasteiger partial charge in [0.1, 0.15) is 12.0 Å². The number of nitro groups is 1. The zero-order valence-electron chi connectivity index (χ0n) is 9.26. The molecule has 8 heteroatoms. The third kappa shape index (κ3) is 2.95. The number of aromatic nitrogens is 3. The summed E-state index contributed by atoms with van der Waals surface area (Å²) in [4.78, 5) is 20.7. The van der Waals surface area contributed by atoms with Crippen molar-refractivity contribution in [2.75, 3.05) is 11.9 Å². The Labute approximate surface area is 107 Å². The summed E-state index contributed by atoms with van der Waals surface area (Å²) in [6.07, 6.45) is 5.23. The Hall–Kier alpha value is -2.15. The van der Waals surface area contributed by atoms with Crippen molar-refractivity contribution in [3.05, 3.63) is 45.6 Å². The summed E-state index contributed by atoms with van der Waals surface area (Å²) in [6, 6.07) is 1.27. The van der Waals surface area contributed by atoms with E-state index in [0.717, 1.165) is 12.1 Å². The number of H-pyrrole nitrogens is 1. The molecule has 2 N–H and O–H groups in total. The van der Waals surface area contributed by atoms with Gasteiger partial charge < -0.3 is 10.3 Å². The van der Waals surface area contributed by atoms with Gasteiger partial charge in [-0.2, -0.15) is 0 Å². The minimum atomic E-state index is -0.534. The highest BCUT2D eigenvalue weighted by Crippen LogP contribution is 2.23. The van der Waals surface area contributed by atoms with Gasteiger partial charge in [-0.15, -0.1) is 0 Å². The van der Waals surface area contributed by atoms with Gasteiger partial charge in [0.05, 0.1) is 16.3 Å². The molecule has 2 aromatic heterocycles. The zero-order chi connectivity index (χ0) is 13.0. The van der Waals surface area contributed by atoms with Crippen LogP contribution < -0.4 is 5.32 Å². The number of hydrogen-bond donors (Lipinski definition) is 2. The highest BCUT2D eigenvalue weighted by Gasteiger charge is 2.10. The Morgan fingerprint density at radius 2 is 2.33 bits per heavy atom. The quantitative estimate of drug-likeness (QED) is 0.638. The summed E-state index contributed by atoms with van der Waals surface area (Å²) in [5.41, 5.74) is 0.861. The maximum absolute atomic E-state index is 10.5. The maximum atomic E-state index is 10.5. The molecule has 0 fully saturated rings. The third-order valence-electron chi connectivity index (χ3n) is 2.28. The summed E-state index contributed by atoms with van der Waals surface area (Å²) in [7, 11) is 0. The minimum absolute atomic E-state index is 0.126. The average molecular weight is 268 g/mol. The first-order chi connectivity index (χ1) is 8.66. The molecule has 2 heterocycles. The van der Waals surface area contributed by atoms with E-state index < -0.39 is 4.92 Å². The molecule has 0 spiro atoms. The predicted octanol–water partition coefficient (Wildman–Crippen LogP) is 2.02. The fourth-order valence-electron chi connectivity index (χ4n) is 1.39. The van der Waals surface area contributed by atoms with Crippen LogP contribution in [0.1, 0.15) is 5.69 Å². The number of rotatable bonds is 5. The highest BCUT2D eigenvalue weighted by atomic mass is 35.5. The molecule has 0 unspecified atom stereocenters. The highest BCUT2D eigenvalue weighted by molar-refractivity contribution is 6.33. The lowest BCUT2D eigenvalue weighted by Crippen LogP contribution is -2.07. The van der Waals surface area contributed by atoms with E-state index >= 15 is 0 Å². The molecule has 0 aliphatic heterocycles. The molecule has 7 nitrogen and oxygen atoms in total. The SMILES string of the molecule is O=[N+]([O-])c1cnc(NCCc2cnc[nH]2)c(Cl)c1. The molecule has 0 saturated heterocycles. The molecular formula is C10H10ClN5O2. The molecule has 0 aliphatic carbocycles. The fourth-order valence-corrected chi connectivity index (χ4v) is 1.62. The van der Waals surface area contributed by atoms with Crippen LogP contribution in [-0.4, -0.2) is 26.4 Å². The second kappa shape index (κ2) is 5.46. The van der Waals surface area contributed by atoms with Crippen LogP contribution >= 0.6 is 11.6 Å². The van der Waals surface area contributed by atoms with Crippen molar-refractivity contribution >= 4 is 23.1 Å². The number of nitrogens with one attached hydrogen (secondary N) is 2. The van der Waals surface area contributed by atoms with Crippen molar-refractivity contribution in [3.63, 3.8) is 0 Å². The summed E-state index contributed by atoms with van der Waals surface area (Å²) >= 11 is 5.88. The second-order valence-corrected chi connectivity index (χ2v) is 3.94.